The quantitative estimate of drug-likeness (QED) is 0.290. The lowest BCUT2D eigenvalue weighted by atomic mass is 10.0. The van der Waals surface area contributed by atoms with Crippen LogP contribution in [-0.4, -0.2) is 47.4 Å². The highest BCUT2D eigenvalue weighted by molar-refractivity contribution is 5.96. The molecule has 9 heteroatoms. The van der Waals surface area contributed by atoms with Gasteiger partial charge >= 0.3 is 5.97 Å². The third-order valence-electron chi connectivity index (χ3n) is 4.53. The number of nitrogens with one attached hydrogen (secondary N) is 3. The molecule has 0 unspecified atom stereocenters. The summed E-state index contributed by atoms with van der Waals surface area (Å²) >= 11 is 0. The van der Waals surface area contributed by atoms with Crippen molar-refractivity contribution in [1.82, 2.24) is 15.6 Å². The summed E-state index contributed by atoms with van der Waals surface area (Å²) in [5.41, 5.74) is 6.41. The molecule has 0 fully saturated rings. The molecule has 2 aromatic rings. The van der Waals surface area contributed by atoms with E-state index in [1.54, 1.807) is 25.3 Å². The second-order valence-electron chi connectivity index (χ2n) is 7.03. The lowest BCUT2D eigenvalue weighted by Crippen LogP contribution is -2.50. The summed E-state index contributed by atoms with van der Waals surface area (Å²) in [6.07, 6.45) is 4.71. The Labute approximate surface area is 186 Å². The van der Waals surface area contributed by atoms with E-state index in [-0.39, 0.29) is 25.9 Å². The Morgan fingerprint density at radius 2 is 1.84 bits per heavy atom. The zero-order chi connectivity index (χ0) is 23.3. The van der Waals surface area contributed by atoms with Crippen LogP contribution in [0.5, 0.6) is 0 Å². The van der Waals surface area contributed by atoms with E-state index in [2.05, 4.69) is 15.6 Å². The van der Waals surface area contributed by atoms with Gasteiger partial charge in [-0.1, -0.05) is 36.4 Å². The standard InChI is InChI=1S/C23H28N4O5/c1-2-32-21(29)13-11-17(10-12-20(24)28)26-23(31)19(15-16-7-4-3-5-8-16)27-22(30)18-9-6-14-25-18/h3-9,11,13-14,17,19,25H,2,10,12,15H2,1H3,(H2,24,28)(H,26,31)(H,27,30)/b13-11+/t17-,19-/m0/s1. The number of nitrogens with two attached hydrogens (primary N) is 1. The van der Waals surface area contributed by atoms with Crippen LogP contribution in [0.25, 0.3) is 0 Å². The molecule has 9 nitrogen and oxygen atoms in total. The number of aromatic amines is 1. The first kappa shape index (κ1) is 24.4. The lowest BCUT2D eigenvalue weighted by Gasteiger charge is -2.22. The van der Waals surface area contributed by atoms with Crippen LogP contribution < -0.4 is 16.4 Å². The molecule has 2 rings (SSSR count). The van der Waals surface area contributed by atoms with Crippen molar-refractivity contribution in [3.63, 3.8) is 0 Å². The van der Waals surface area contributed by atoms with E-state index in [0.717, 1.165) is 5.56 Å². The van der Waals surface area contributed by atoms with Crippen LogP contribution in [0, 0.1) is 0 Å². The molecule has 5 N–H and O–H groups in total. The van der Waals surface area contributed by atoms with Crippen molar-refractivity contribution in [3.05, 3.63) is 72.1 Å². The molecule has 0 aliphatic heterocycles. The number of amides is 3. The lowest BCUT2D eigenvalue weighted by molar-refractivity contribution is -0.137. The number of aromatic nitrogens is 1. The van der Waals surface area contributed by atoms with Gasteiger partial charge in [0.1, 0.15) is 11.7 Å². The molecule has 0 saturated carbocycles. The number of carbonyl (C=O) groups is 4. The van der Waals surface area contributed by atoms with Gasteiger partial charge in [0.05, 0.1) is 6.61 Å². The predicted octanol–water partition coefficient (Wildman–Crippen LogP) is 1.23. The highest BCUT2D eigenvalue weighted by Crippen LogP contribution is 2.07. The molecule has 1 heterocycles. The molecule has 0 aliphatic carbocycles. The van der Waals surface area contributed by atoms with Gasteiger partial charge in [-0.2, -0.15) is 0 Å². The number of ether oxygens (including phenoxy) is 1. The molecular weight excluding hydrogens is 412 g/mol. The first-order chi connectivity index (χ1) is 15.4. The Kier molecular flexibility index (Phi) is 9.70. The van der Waals surface area contributed by atoms with E-state index >= 15 is 0 Å². The summed E-state index contributed by atoms with van der Waals surface area (Å²) in [6.45, 7) is 1.89. The summed E-state index contributed by atoms with van der Waals surface area (Å²) in [7, 11) is 0. The van der Waals surface area contributed by atoms with E-state index in [1.165, 1.54) is 12.2 Å². The van der Waals surface area contributed by atoms with Crippen LogP contribution in [0.3, 0.4) is 0 Å². The van der Waals surface area contributed by atoms with Gasteiger partial charge in [0.25, 0.3) is 5.91 Å². The van der Waals surface area contributed by atoms with Crippen LogP contribution in [0.1, 0.15) is 35.8 Å². The Morgan fingerprint density at radius 3 is 2.47 bits per heavy atom. The number of primary amides is 1. The van der Waals surface area contributed by atoms with Crippen LogP contribution in [-0.2, 0) is 25.5 Å². The fourth-order valence-electron chi connectivity index (χ4n) is 2.95. The van der Waals surface area contributed by atoms with E-state index in [0.29, 0.717) is 5.69 Å². The van der Waals surface area contributed by atoms with Gasteiger partial charge < -0.3 is 26.1 Å². The normalized spacial score (nSPS) is 12.7. The van der Waals surface area contributed by atoms with Gasteiger partial charge in [0.15, 0.2) is 0 Å². The summed E-state index contributed by atoms with van der Waals surface area (Å²) < 4.78 is 4.85. The van der Waals surface area contributed by atoms with E-state index < -0.39 is 35.8 Å². The van der Waals surface area contributed by atoms with Gasteiger partial charge in [0, 0.05) is 31.2 Å². The van der Waals surface area contributed by atoms with Gasteiger partial charge in [-0.25, -0.2) is 4.79 Å². The molecule has 1 aromatic carbocycles. The molecule has 0 spiro atoms. The maximum atomic E-state index is 13.1. The van der Waals surface area contributed by atoms with Crippen molar-refractivity contribution >= 4 is 23.7 Å². The summed E-state index contributed by atoms with van der Waals surface area (Å²) in [6, 6.07) is 11.0. The van der Waals surface area contributed by atoms with Crippen molar-refractivity contribution in [1.29, 1.82) is 0 Å². The number of carbonyl (C=O) groups excluding carboxylic acids is 4. The number of hydrogen-bond donors (Lipinski definition) is 4. The van der Waals surface area contributed by atoms with Gasteiger partial charge in [0.2, 0.25) is 11.8 Å². The number of H-pyrrole nitrogens is 1. The molecule has 0 bridgehead atoms. The van der Waals surface area contributed by atoms with Crippen LogP contribution in [0.15, 0.2) is 60.8 Å². The van der Waals surface area contributed by atoms with Gasteiger partial charge in [-0.3, -0.25) is 14.4 Å². The van der Waals surface area contributed by atoms with Gasteiger partial charge in [-0.05, 0) is 31.0 Å². The van der Waals surface area contributed by atoms with E-state index in [1.807, 2.05) is 30.3 Å². The van der Waals surface area contributed by atoms with Crippen molar-refractivity contribution < 1.29 is 23.9 Å². The molecule has 2 atom stereocenters. The Bertz CT molecular complexity index is 925. The average Bonchev–Trinajstić information content (AvgIpc) is 3.31. The molecule has 0 radical (unpaired) electrons. The molecular formula is C23H28N4O5. The largest absolute Gasteiger partial charge is 0.463 e. The minimum absolute atomic E-state index is 0.0102. The molecule has 32 heavy (non-hydrogen) atoms. The third kappa shape index (κ3) is 8.47. The van der Waals surface area contributed by atoms with E-state index in [9.17, 15) is 19.2 Å². The maximum Gasteiger partial charge on any atom is 0.330 e. The smallest absolute Gasteiger partial charge is 0.330 e. The topological polar surface area (TPSA) is 143 Å². The Balaban J connectivity index is 2.16. The van der Waals surface area contributed by atoms with Crippen LogP contribution in [0.4, 0.5) is 0 Å². The SMILES string of the molecule is CCOC(=O)/C=C/[C@H](CCC(N)=O)NC(=O)[C@H](Cc1ccccc1)NC(=O)c1ccc[nH]1. The minimum atomic E-state index is -0.889. The van der Waals surface area contributed by atoms with E-state index in [4.69, 9.17) is 10.5 Å². The summed E-state index contributed by atoms with van der Waals surface area (Å²) in [5, 5.41) is 5.51. The fraction of sp³-hybridized carbons (Fsp3) is 0.304. The molecule has 3 amide bonds. The maximum absolute atomic E-state index is 13.1. The number of rotatable bonds is 12. The monoisotopic (exact) mass is 440 g/mol. The van der Waals surface area contributed by atoms with Crippen LogP contribution in [0.2, 0.25) is 0 Å². The highest BCUT2D eigenvalue weighted by atomic mass is 16.5. The average molecular weight is 441 g/mol. The van der Waals surface area contributed by atoms with Gasteiger partial charge in [-0.15, -0.1) is 0 Å². The van der Waals surface area contributed by atoms with Crippen molar-refractivity contribution in [2.75, 3.05) is 6.61 Å². The first-order valence-corrected chi connectivity index (χ1v) is 10.3. The summed E-state index contributed by atoms with van der Waals surface area (Å²) in [5.74, 6) is -1.99. The molecule has 0 aliphatic rings. The van der Waals surface area contributed by atoms with Crippen molar-refractivity contribution in [2.45, 2.75) is 38.3 Å². The number of benzene rings is 1. The summed E-state index contributed by atoms with van der Waals surface area (Å²) in [4.78, 5) is 51.3. The first-order valence-electron chi connectivity index (χ1n) is 10.3. The second-order valence-corrected chi connectivity index (χ2v) is 7.03. The molecule has 170 valence electrons. The third-order valence-corrected chi connectivity index (χ3v) is 4.53. The number of esters is 1. The van der Waals surface area contributed by atoms with Crippen molar-refractivity contribution in [3.8, 4) is 0 Å². The zero-order valence-electron chi connectivity index (χ0n) is 17.9. The number of hydrogen-bond acceptors (Lipinski definition) is 5. The molecule has 1 aromatic heterocycles. The van der Waals surface area contributed by atoms with Crippen molar-refractivity contribution in [2.24, 2.45) is 5.73 Å². The highest BCUT2D eigenvalue weighted by Gasteiger charge is 2.24. The predicted molar refractivity (Wildman–Crippen MR) is 118 cm³/mol. The Hall–Kier alpha value is -3.88. The molecule has 0 saturated heterocycles. The van der Waals surface area contributed by atoms with Crippen LogP contribution >= 0.6 is 0 Å². The fourth-order valence-corrected chi connectivity index (χ4v) is 2.95. The Morgan fingerprint density at radius 1 is 1.09 bits per heavy atom. The second kappa shape index (κ2) is 12.7. The zero-order valence-corrected chi connectivity index (χ0v) is 17.9. The minimum Gasteiger partial charge on any atom is -0.463 e.